The summed E-state index contributed by atoms with van der Waals surface area (Å²) in [6.07, 6.45) is 0. The quantitative estimate of drug-likeness (QED) is 0.614. The van der Waals surface area contributed by atoms with Crippen LogP contribution >= 0.6 is 0 Å². The second-order valence-electron chi connectivity index (χ2n) is 2.79. The third kappa shape index (κ3) is 0.942. The minimum atomic E-state index is 0.359. The molecule has 1 aromatic carbocycles. The number of nitrogens with zero attached hydrogens (tertiary/aromatic N) is 2. The van der Waals surface area contributed by atoms with Crippen molar-refractivity contribution in [3.8, 4) is 6.07 Å². The average molecular weight is 173 g/mol. The lowest BCUT2D eigenvalue weighted by Crippen LogP contribution is -1.89. The maximum absolute atomic E-state index is 8.81. The van der Waals surface area contributed by atoms with Gasteiger partial charge in [0.15, 0.2) is 5.58 Å². The van der Waals surface area contributed by atoms with Gasteiger partial charge in [0.2, 0.25) is 0 Å². The molecule has 0 unspecified atom stereocenters. The molecule has 0 aliphatic heterocycles. The van der Waals surface area contributed by atoms with Gasteiger partial charge in [0, 0.05) is 5.39 Å². The van der Waals surface area contributed by atoms with Crippen molar-refractivity contribution in [2.45, 2.75) is 6.92 Å². The fourth-order valence-corrected chi connectivity index (χ4v) is 1.26. The van der Waals surface area contributed by atoms with Crippen LogP contribution in [0.15, 0.2) is 16.7 Å². The Bertz CT molecular complexity index is 507. The van der Waals surface area contributed by atoms with Crippen molar-refractivity contribution >= 4 is 16.7 Å². The van der Waals surface area contributed by atoms with Crippen molar-refractivity contribution in [2.24, 2.45) is 0 Å². The Morgan fingerprint density at radius 3 is 3.00 bits per heavy atom. The predicted octanol–water partition coefficient (Wildman–Crippen LogP) is 1.59. The van der Waals surface area contributed by atoms with Crippen LogP contribution in [0.4, 0.5) is 5.69 Å². The Labute approximate surface area is 74.5 Å². The number of nitriles is 1. The zero-order chi connectivity index (χ0) is 9.42. The highest BCUT2D eigenvalue weighted by Gasteiger charge is 2.11. The molecule has 0 bridgehead atoms. The third-order valence-corrected chi connectivity index (χ3v) is 1.97. The van der Waals surface area contributed by atoms with E-state index < -0.39 is 0 Å². The van der Waals surface area contributed by atoms with Crippen LogP contribution in [-0.2, 0) is 0 Å². The maximum Gasteiger partial charge on any atom is 0.186 e. The highest BCUT2D eigenvalue weighted by atomic mass is 16.5. The molecule has 0 fully saturated rings. The summed E-state index contributed by atoms with van der Waals surface area (Å²) in [5.74, 6) is 0. The lowest BCUT2D eigenvalue weighted by atomic mass is 10.1. The van der Waals surface area contributed by atoms with Crippen LogP contribution < -0.4 is 5.73 Å². The molecule has 0 saturated carbocycles. The van der Waals surface area contributed by atoms with Crippen LogP contribution in [0.1, 0.15) is 11.3 Å². The van der Waals surface area contributed by atoms with Gasteiger partial charge in [0.05, 0.1) is 11.4 Å². The molecule has 13 heavy (non-hydrogen) atoms. The van der Waals surface area contributed by atoms with Gasteiger partial charge in [-0.25, -0.2) is 0 Å². The summed E-state index contributed by atoms with van der Waals surface area (Å²) >= 11 is 0. The Kier molecular flexibility index (Phi) is 1.46. The van der Waals surface area contributed by atoms with Crippen molar-refractivity contribution in [3.05, 3.63) is 23.4 Å². The second-order valence-corrected chi connectivity index (χ2v) is 2.79. The zero-order valence-electron chi connectivity index (χ0n) is 7.03. The molecular formula is C9H7N3O. The second kappa shape index (κ2) is 2.49. The molecule has 1 aromatic heterocycles. The van der Waals surface area contributed by atoms with Gasteiger partial charge in [-0.2, -0.15) is 5.26 Å². The Balaban J connectivity index is 2.95. The van der Waals surface area contributed by atoms with E-state index in [9.17, 15) is 0 Å². The number of nitrogen functional groups attached to an aromatic ring is 1. The molecule has 0 aliphatic carbocycles. The Morgan fingerprint density at radius 2 is 2.31 bits per heavy atom. The van der Waals surface area contributed by atoms with E-state index in [0.29, 0.717) is 16.8 Å². The first-order valence-electron chi connectivity index (χ1n) is 3.78. The normalized spacial score (nSPS) is 10.2. The van der Waals surface area contributed by atoms with Gasteiger partial charge in [0.25, 0.3) is 0 Å². The SMILES string of the molecule is Cc1noc2c(C#N)c(N)ccc12. The molecule has 0 spiro atoms. The first-order chi connectivity index (χ1) is 6.24. The first kappa shape index (κ1) is 7.62. The van der Waals surface area contributed by atoms with E-state index in [0.717, 1.165) is 11.1 Å². The van der Waals surface area contributed by atoms with E-state index in [1.165, 1.54) is 0 Å². The standard InChI is InChI=1S/C9H7N3O/c1-5-6-2-3-8(11)7(4-10)9(6)13-12-5/h2-3H,11H2,1H3. The van der Waals surface area contributed by atoms with Crippen molar-refractivity contribution in [1.82, 2.24) is 5.16 Å². The summed E-state index contributed by atoms with van der Waals surface area (Å²) in [7, 11) is 0. The largest absolute Gasteiger partial charge is 0.398 e. The molecule has 2 N–H and O–H groups in total. The van der Waals surface area contributed by atoms with Gasteiger partial charge in [-0.1, -0.05) is 5.16 Å². The molecule has 0 atom stereocenters. The number of aryl methyl sites for hydroxylation is 1. The highest BCUT2D eigenvalue weighted by molar-refractivity contribution is 5.88. The van der Waals surface area contributed by atoms with E-state index in [2.05, 4.69) is 5.16 Å². The first-order valence-corrected chi connectivity index (χ1v) is 3.78. The summed E-state index contributed by atoms with van der Waals surface area (Å²) < 4.78 is 5.00. The summed E-state index contributed by atoms with van der Waals surface area (Å²) in [6, 6.07) is 5.48. The monoisotopic (exact) mass is 173 g/mol. The van der Waals surface area contributed by atoms with Gasteiger partial charge in [-0.05, 0) is 19.1 Å². The van der Waals surface area contributed by atoms with Crippen molar-refractivity contribution in [3.63, 3.8) is 0 Å². The summed E-state index contributed by atoms with van der Waals surface area (Å²) in [6.45, 7) is 1.82. The Hall–Kier alpha value is -2.02. The smallest absolute Gasteiger partial charge is 0.186 e. The van der Waals surface area contributed by atoms with E-state index in [-0.39, 0.29) is 0 Å². The molecule has 0 radical (unpaired) electrons. The van der Waals surface area contributed by atoms with Crippen LogP contribution in [-0.4, -0.2) is 5.16 Å². The van der Waals surface area contributed by atoms with E-state index >= 15 is 0 Å². The highest BCUT2D eigenvalue weighted by Crippen LogP contribution is 2.25. The molecule has 4 heteroatoms. The van der Waals surface area contributed by atoms with Gasteiger partial charge in [-0.15, -0.1) is 0 Å². The number of aromatic nitrogens is 1. The maximum atomic E-state index is 8.81. The summed E-state index contributed by atoms with van der Waals surface area (Å²) in [5.41, 5.74) is 7.62. The number of nitrogens with two attached hydrogens (primary N) is 1. The number of anilines is 1. The minimum Gasteiger partial charge on any atom is -0.398 e. The Morgan fingerprint density at radius 1 is 1.54 bits per heavy atom. The number of rotatable bonds is 0. The van der Waals surface area contributed by atoms with Crippen LogP contribution in [0.25, 0.3) is 11.0 Å². The lowest BCUT2D eigenvalue weighted by Gasteiger charge is -1.95. The molecule has 64 valence electrons. The van der Waals surface area contributed by atoms with Crippen LogP contribution in [0.5, 0.6) is 0 Å². The predicted molar refractivity (Wildman–Crippen MR) is 47.9 cm³/mol. The summed E-state index contributed by atoms with van der Waals surface area (Å²) in [4.78, 5) is 0. The molecule has 0 amide bonds. The number of benzene rings is 1. The molecule has 2 aromatic rings. The molecule has 0 aliphatic rings. The van der Waals surface area contributed by atoms with Gasteiger partial charge < -0.3 is 10.3 Å². The molecule has 0 saturated heterocycles. The topological polar surface area (TPSA) is 75.8 Å². The molecule has 1 heterocycles. The number of hydrogen-bond donors (Lipinski definition) is 1. The van der Waals surface area contributed by atoms with Gasteiger partial charge in [-0.3, -0.25) is 0 Å². The fourth-order valence-electron chi connectivity index (χ4n) is 1.26. The van der Waals surface area contributed by atoms with E-state index in [4.69, 9.17) is 15.5 Å². The summed E-state index contributed by atoms with van der Waals surface area (Å²) in [5, 5.41) is 13.4. The van der Waals surface area contributed by atoms with Gasteiger partial charge >= 0.3 is 0 Å². The minimum absolute atomic E-state index is 0.359. The van der Waals surface area contributed by atoms with Crippen molar-refractivity contribution < 1.29 is 4.52 Å². The average Bonchev–Trinajstić information content (AvgIpc) is 2.48. The molecular weight excluding hydrogens is 166 g/mol. The van der Waals surface area contributed by atoms with Gasteiger partial charge in [0.1, 0.15) is 11.6 Å². The number of fused-ring (bicyclic) bond motifs is 1. The zero-order valence-corrected chi connectivity index (χ0v) is 7.03. The van der Waals surface area contributed by atoms with Crippen molar-refractivity contribution in [1.29, 1.82) is 5.26 Å². The van der Waals surface area contributed by atoms with Crippen LogP contribution in [0.3, 0.4) is 0 Å². The molecule has 4 nitrogen and oxygen atoms in total. The van der Waals surface area contributed by atoms with Crippen molar-refractivity contribution in [2.75, 3.05) is 5.73 Å². The van der Waals surface area contributed by atoms with Crippen LogP contribution in [0.2, 0.25) is 0 Å². The third-order valence-electron chi connectivity index (χ3n) is 1.97. The van der Waals surface area contributed by atoms with E-state index in [1.807, 2.05) is 13.0 Å². The number of hydrogen-bond acceptors (Lipinski definition) is 4. The van der Waals surface area contributed by atoms with E-state index in [1.54, 1.807) is 12.1 Å². The molecule has 2 rings (SSSR count). The fraction of sp³-hybridized carbons (Fsp3) is 0.111. The van der Waals surface area contributed by atoms with Crippen LogP contribution in [0, 0.1) is 18.3 Å². The lowest BCUT2D eigenvalue weighted by molar-refractivity contribution is 0.450.